The van der Waals surface area contributed by atoms with Crippen molar-refractivity contribution < 1.29 is 23.4 Å². The SMILES string of the molecule is Cl.O=C(O)C1CCCN(CCOC=C(c2ccc(F)cc2Cl)c2ccc(F)cc2Cl)C1. The lowest BCUT2D eigenvalue weighted by atomic mass is 9.98. The average molecular weight is 493 g/mol. The van der Waals surface area contributed by atoms with E-state index in [4.69, 9.17) is 27.9 Å². The van der Waals surface area contributed by atoms with E-state index in [0.717, 1.165) is 13.0 Å². The Morgan fingerprint density at radius 2 is 1.71 bits per heavy atom. The van der Waals surface area contributed by atoms with E-state index < -0.39 is 17.6 Å². The normalized spacial score (nSPS) is 16.3. The van der Waals surface area contributed by atoms with Gasteiger partial charge in [-0.25, -0.2) is 8.78 Å². The van der Waals surface area contributed by atoms with Crippen molar-refractivity contribution in [1.29, 1.82) is 0 Å². The molecule has 0 aliphatic carbocycles. The Hall–Kier alpha value is -1.86. The second kappa shape index (κ2) is 11.7. The van der Waals surface area contributed by atoms with Crippen molar-refractivity contribution in [2.24, 2.45) is 5.92 Å². The largest absolute Gasteiger partial charge is 0.499 e. The summed E-state index contributed by atoms with van der Waals surface area (Å²) in [5.41, 5.74) is 1.48. The summed E-state index contributed by atoms with van der Waals surface area (Å²) in [5, 5.41) is 9.54. The Morgan fingerprint density at radius 3 is 2.23 bits per heavy atom. The number of aliphatic carboxylic acids is 1. The molecule has 1 heterocycles. The number of hydrogen-bond donors (Lipinski definition) is 1. The topological polar surface area (TPSA) is 49.8 Å². The van der Waals surface area contributed by atoms with Gasteiger partial charge < -0.3 is 9.84 Å². The molecule has 0 aromatic heterocycles. The summed E-state index contributed by atoms with van der Waals surface area (Å²) in [6.07, 6.45) is 2.98. The molecule has 4 nitrogen and oxygen atoms in total. The van der Waals surface area contributed by atoms with Crippen LogP contribution < -0.4 is 0 Å². The van der Waals surface area contributed by atoms with Gasteiger partial charge in [-0.2, -0.15) is 0 Å². The summed E-state index contributed by atoms with van der Waals surface area (Å²) in [6.45, 7) is 2.18. The highest BCUT2D eigenvalue weighted by Crippen LogP contribution is 2.34. The monoisotopic (exact) mass is 491 g/mol. The maximum atomic E-state index is 13.5. The number of halogens is 5. The van der Waals surface area contributed by atoms with Crippen LogP contribution in [-0.2, 0) is 9.53 Å². The number of carbonyl (C=O) groups is 1. The van der Waals surface area contributed by atoms with E-state index in [2.05, 4.69) is 0 Å². The van der Waals surface area contributed by atoms with Gasteiger partial charge in [0.05, 0.1) is 22.2 Å². The van der Waals surface area contributed by atoms with Crippen LogP contribution in [0.1, 0.15) is 24.0 Å². The minimum atomic E-state index is -0.778. The van der Waals surface area contributed by atoms with Gasteiger partial charge >= 0.3 is 5.97 Å². The maximum absolute atomic E-state index is 13.5. The number of carboxylic acids is 1. The summed E-state index contributed by atoms with van der Waals surface area (Å²) in [7, 11) is 0. The van der Waals surface area contributed by atoms with Crippen LogP contribution in [0.15, 0.2) is 42.7 Å². The number of benzene rings is 2. The van der Waals surface area contributed by atoms with E-state index in [1.54, 1.807) is 0 Å². The Morgan fingerprint density at radius 1 is 1.13 bits per heavy atom. The number of piperidine rings is 1. The first-order chi connectivity index (χ1) is 14.3. The van der Waals surface area contributed by atoms with Crippen molar-refractivity contribution in [3.63, 3.8) is 0 Å². The molecule has 1 N–H and O–H groups in total. The van der Waals surface area contributed by atoms with Crippen LogP contribution in [0.4, 0.5) is 8.78 Å². The summed E-state index contributed by atoms with van der Waals surface area (Å²) in [6, 6.07) is 7.92. The number of rotatable bonds is 7. The molecule has 9 heteroatoms. The van der Waals surface area contributed by atoms with Crippen LogP contribution in [-0.4, -0.2) is 42.2 Å². The lowest BCUT2D eigenvalue weighted by Gasteiger charge is -2.30. The van der Waals surface area contributed by atoms with Gasteiger partial charge in [0.1, 0.15) is 18.2 Å². The lowest BCUT2D eigenvalue weighted by Crippen LogP contribution is -2.40. The van der Waals surface area contributed by atoms with Crippen LogP contribution in [0.3, 0.4) is 0 Å². The van der Waals surface area contributed by atoms with Gasteiger partial charge in [0, 0.05) is 29.8 Å². The highest BCUT2D eigenvalue weighted by atomic mass is 35.5. The molecule has 0 amide bonds. The van der Waals surface area contributed by atoms with Crippen molar-refractivity contribution in [3.05, 3.63) is 75.5 Å². The van der Waals surface area contributed by atoms with Gasteiger partial charge in [-0.3, -0.25) is 9.69 Å². The van der Waals surface area contributed by atoms with Crippen molar-refractivity contribution in [3.8, 4) is 0 Å². The fraction of sp³-hybridized carbons (Fsp3) is 0.318. The number of likely N-dealkylation sites (tertiary alicyclic amines) is 1. The summed E-state index contributed by atoms with van der Waals surface area (Å²) >= 11 is 12.4. The van der Waals surface area contributed by atoms with E-state index in [1.807, 2.05) is 4.90 Å². The molecule has 1 unspecified atom stereocenters. The molecule has 3 rings (SSSR count). The van der Waals surface area contributed by atoms with Gasteiger partial charge in [-0.15, -0.1) is 12.4 Å². The lowest BCUT2D eigenvalue weighted by molar-refractivity contribution is -0.143. The second-order valence-corrected chi connectivity index (χ2v) is 7.94. The van der Waals surface area contributed by atoms with Crippen LogP contribution in [0.25, 0.3) is 5.57 Å². The molecule has 2 aromatic carbocycles. The van der Waals surface area contributed by atoms with E-state index in [-0.39, 0.29) is 28.4 Å². The predicted molar refractivity (Wildman–Crippen MR) is 120 cm³/mol. The fourth-order valence-electron chi connectivity index (χ4n) is 3.47. The third kappa shape index (κ3) is 6.81. The minimum Gasteiger partial charge on any atom is -0.499 e. The van der Waals surface area contributed by atoms with Crippen molar-refractivity contribution in [1.82, 2.24) is 4.90 Å². The van der Waals surface area contributed by atoms with Gasteiger partial charge in [-0.1, -0.05) is 23.2 Å². The molecule has 1 fully saturated rings. The quantitative estimate of drug-likeness (QED) is 0.386. The molecule has 2 aromatic rings. The molecule has 0 spiro atoms. The molecule has 0 radical (unpaired) electrons. The second-order valence-electron chi connectivity index (χ2n) is 7.13. The zero-order valence-electron chi connectivity index (χ0n) is 16.5. The molecule has 31 heavy (non-hydrogen) atoms. The van der Waals surface area contributed by atoms with E-state index in [9.17, 15) is 18.7 Å². The molecular formula is C22H22Cl3F2NO3. The third-order valence-electron chi connectivity index (χ3n) is 5.02. The van der Waals surface area contributed by atoms with E-state index in [1.165, 1.54) is 42.7 Å². The smallest absolute Gasteiger partial charge is 0.307 e. The van der Waals surface area contributed by atoms with Crippen LogP contribution >= 0.6 is 35.6 Å². The fourth-order valence-corrected chi connectivity index (χ4v) is 4.01. The number of hydrogen-bond acceptors (Lipinski definition) is 3. The molecule has 1 atom stereocenters. The molecule has 1 aliphatic heterocycles. The summed E-state index contributed by atoms with van der Waals surface area (Å²) in [5.74, 6) is -2.10. The van der Waals surface area contributed by atoms with Crippen LogP contribution in [0.5, 0.6) is 0 Å². The average Bonchev–Trinajstić information content (AvgIpc) is 2.70. The van der Waals surface area contributed by atoms with Crippen molar-refractivity contribution >= 4 is 47.2 Å². The predicted octanol–water partition coefficient (Wildman–Crippen LogP) is 5.90. The minimum absolute atomic E-state index is 0. The Kier molecular flexibility index (Phi) is 9.56. The van der Waals surface area contributed by atoms with Gasteiger partial charge in [0.15, 0.2) is 0 Å². The van der Waals surface area contributed by atoms with Crippen molar-refractivity contribution in [2.45, 2.75) is 12.8 Å². The Bertz CT molecular complexity index is 902. The maximum Gasteiger partial charge on any atom is 0.307 e. The highest BCUT2D eigenvalue weighted by Gasteiger charge is 2.25. The van der Waals surface area contributed by atoms with Gasteiger partial charge in [0.2, 0.25) is 0 Å². The van der Waals surface area contributed by atoms with E-state index in [0.29, 0.717) is 42.8 Å². The zero-order valence-corrected chi connectivity index (χ0v) is 18.8. The van der Waals surface area contributed by atoms with Crippen LogP contribution in [0.2, 0.25) is 10.0 Å². The number of nitrogens with zero attached hydrogens (tertiary/aromatic N) is 1. The third-order valence-corrected chi connectivity index (χ3v) is 5.65. The first-order valence-corrected chi connectivity index (χ1v) is 10.3. The molecule has 1 aliphatic rings. The standard InChI is InChI=1S/C22H21Cl2F2NO3.ClH/c23-20-10-15(25)3-5-17(20)19(18-6-4-16(26)11-21(18)24)13-30-9-8-27-7-1-2-14(12-27)22(28)29;/h3-6,10-11,13-14H,1-2,7-9,12H2,(H,28,29);1H. The summed E-state index contributed by atoms with van der Waals surface area (Å²) in [4.78, 5) is 13.2. The van der Waals surface area contributed by atoms with Crippen molar-refractivity contribution in [2.75, 3.05) is 26.2 Å². The van der Waals surface area contributed by atoms with Gasteiger partial charge in [-0.05, 0) is 55.8 Å². The highest BCUT2D eigenvalue weighted by molar-refractivity contribution is 6.34. The van der Waals surface area contributed by atoms with Crippen LogP contribution in [0, 0.1) is 17.6 Å². The van der Waals surface area contributed by atoms with Gasteiger partial charge in [0.25, 0.3) is 0 Å². The molecule has 1 saturated heterocycles. The number of carboxylic acid groups (broad SMARTS) is 1. The molecule has 0 saturated carbocycles. The Balaban J connectivity index is 0.00000341. The molecule has 168 valence electrons. The summed E-state index contributed by atoms with van der Waals surface area (Å²) < 4.78 is 32.7. The zero-order chi connectivity index (χ0) is 21.7. The molecular weight excluding hydrogens is 471 g/mol. The first-order valence-electron chi connectivity index (χ1n) is 9.53. The van der Waals surface area contributed by atoms with E-state index >= 15 is 0 Å². The Labute approximate surface area is 195 Å². The molecule has 0 bridgehead atoms. The number of ether oxygens (including phenoxy) is 1. The first kappa shape index (κ1) is 25.4.